The normalized spacial score (nSPS) is 17.4. The molecule has 0 saturated carbocycles. The van der Waals surface area contributed by atoms with Crippen molar-refractivity contribution in [1.29, 1.82) is 0 Å². The second-order valence-electron chi connectivity index (χ2n) is 9.22. The number of benzene rings is 1. The number of hydrogen-bond acceptors (Lipinski definition) is 9. The number of esters is 1. The molecule has 1 aromatic carbocycles. The molecule has 10 heteroatoms. The van der Waals surface area contributed by atoms with Gasteiger partial charge in [-0.2, -0.15) is 0 Å². The van der Waals surface area contributed by atoms with Crippen LogP contribution in [0.2, 0.25) is 0 Å². The third-order valence-corrected chi connectivity index (χ3v) is 5.99. The Morgan fingerprint density at radius 3 is 2.46 bits per heavy atom. The number of aliphatic hydroxyl groups is 1. The fourth-order valence-corrected chi connectivity index (χ4v) is 4.01. The summed E-state index contributed by atoms with van der Waals surface area (Å²) in [4.78, 5) is 65.1. The summed E-state index contributed by atoms with van der Waals surface area (Å²) in [5, 5.41) is 9.06. The molecule has 1 heterocycles. The highest BCUT2D eigenvalue weighted by atomic mass is 16.6. The Morgan fingerprint density at radius 2 is 1.89 bits per heavy atom. The van der Waals surface area contributed by atoms with Crippen molar-refractivity contribution >= 4 is 35.1 Å². The fraction of sp³-hybridized carbons (Fsp3) is 0.519. The van der Waals surface area contributed by atoms with Crippen molar-refractivity contribution in [1.82, 2.24) is 4.90 Å². The zero-order valence-corrected chi connectivity index (χ0v) is 21.9. The zero-order chi connectivity index (χ0) is 27.7. The summed E-state index contributed by atoms with van der Waals surface area (Å²) in [5.41, 5.74) is 1.41. The van der Waals surface area contributed by atoms with Crippen molar-refractivity contribution in [2.45, 2.75) is 65.2 Å². The molecule has 0 bridgehead atoms. The molecule has 0 radical (unpaired) electrons. The average molecular weight is 518 g/mol. The number of carbonyl (C=O) groups excluding carboxylic acids is 5. The summed E-state index contributed by atoms with van der Waals surface area (Å²) >= 11 is 0. The van der Waals surface area contributed by atoms with Gasteiger partial charge >= 0.3 is 12.1 Å². The van der Waals surface area contributed by atoms with Gasteiger partial charge in [0.2, 0.25) is 0 Å². The lowest BCUT2D eigenvalue weighted by Crippen LogP contribution is -2.53. The first-order valence-electron chi connectivity index (χ1n) is 12.2. The molecule has 1 aliphatic heterocycles. The van der Waals surface area contributed by atoms with Crippen LogP contribution in [0, 0.1) is 12.8 Å². The largest absolute Gasteiger partial charge is 0.451 e. The number of allylic oxidation sites excluding steroid dienone is 1. The van der Waals surface area contributed by atoms with E-state index in [0.29, 0.717) is 18.4 Å². The number of Topliss-reactive ketones (excluding diaryl/α,β-unsaturated/α-hetero) is 1. The van der Waals surface area contributed by atoms with E-state index in [4.69, 9.17) is 19.3 Å². The number of amides is 2. The summed E-state index contributed by atoms with van der Waals surface area (Å²) < 4.78 is 15.5. The monoisotopic (exact) mass is 517 g/mol. The minimum atomic E-state index is -1.75. The van der Waals surface area contributed by atoms with E-state index in [9.17, 15) is 24.0 Å². The lowest BCUT2D eigenvalue weighted by atomic mass is 9.94. The molecule has 3 atom stereocenters. The van der Waals surface area contributed by atoms with Crippen molar-refractivity contribution in [3.8, 4) is 0 Å². The van der Waals surface area contributed by atoms with Crippen molar-refractivity contribution in [3.05, 3.63) is 41.5 Å². The molecule has 1 N–H and O–H groups in total. The van der Waals surface area contributed by atoms with Crippen molar-refractivity contribution in [2.75, 3.05) is 20.3 Å². The molecule has 1 aliphatic rings. The Kier molecular flexibility index (Phi) is 11.1. The maximum Gasteiger partial charge on any atom is 0.417 e. The van der Waals surface area contributed by atoms with Gasteiger partial charge in [-0.1, -0.05) is 43.7 Å². The highest BCUT2D eigenvalue weighted by Gasteiger charge is 2.46. The first-order chi connectivity index (χ1) is 17.5. The van der Waals surface area contributed by atoms with E-state index in [-0.39, 0.29) is 36.9 Å². The van der Waals surface area contributed by atoms with E-state index >= 15 is 0 Å². The number of aliphatic hydroxyl groups excluding tert-OH is 1. The topological polar surface area (TPSA) is 137 Å². The van der Waals surface area contributed by atoms with Gasteiger partial charge in [-0.25, -0.2) is 9.69 Å². The molecule has 0 aromatic heterocycles. The Morgan fingerprint density at radius 1 is 1.19 bits per heavy atom. The molecule has 2 amide bonds. The fourth-order valence-electron chi connectivity index (χ4n) is 4.01. The Hall–Kier alpha value is -3.37. The number of rotatable bonds is 13. The Bertz CT molecular complexity index is 1050. The lowest BCUT2D eigenvalue weighted by molar-refractivity contribution is -0.166. The number of ether oxygens (including phenoxy) is 3. The molecule has 0 spiro atoms. The second-order valence-corrected chi connectivity index (χ2v) is 9.22. The van der Waals surface area contributed by atoms with Crippen LogP contribution < -0.4 is 0 Å². The van der Waals surface area contributed by atoms with Gasteiger partial charge in [-0.3, -0.25) is 19.2 Å². The number of imide groups is 1. The number of methoxy groups -OCH3 is 1. The van der Waals surface area contributed by atoms with Gasteiger partial charge < -0.3 is 19.3 Å². The molecule has 1 fully saturated rings. The first-order valence-corrected chi connectivity index (χ1v) is 12.2. The SMILES string of the molecule is CO[C@H](C(=O)N1C(=O)OC[C@@H]1C(C)C)[C@H](OC(C)=O)C(=O)C=C(C(=O)CCCCO)c1cccc(C)c1. The molecule has 202 valence electrons. The molecule has 1 aromatic rings. The van der Waals surface area contributed by atoms with E-state index in [1.54, 1.807) is 18.2 Å². The van der Waals surface area contributed by atoms with Crippen LogP contribution in [0.4, 0.5) is 4.79 Å². The number of hydrogen-bond donors (Lipinski definition) is 1. The summed E-state index contributed by atoms with van der Waals surface area (Å²) in [6.07, 6.45) is -2.33. The van der Waals surface area contributed by atoms with Crippen molar-refractivity contribution in [3.63, 3.8) is 0 Å². The summed E-state index contributed by atoms with van der Waals surface area (Å²) in [5.74, 6) is -3.08. The number of aryl methyl sites for hydroxylation is 1. The van der Waals surface area contributed by atoms with E-state index in [1.165, 1.54) is 0 Å². The van der Waals surface area contributed by atoms with Crippen LogP contribution in [0.25, 0.3) is 5.57 Å². The van der Waals surface area contributed by atoms with Crippen molar-refractivity contribution in [2.24, 2.45) is 5.92 Å². The number of nitrogens with zero attached hydrogens (tertiary/aromatic N) is 1. The highest BCUT2D eigenvalue weighted by molar-refractivity contribution is 6.25. The van der Waals surface area contributed by atoms with Gasteiger partial charge in [0.15, 0.2) is 23.8 Å². The number of cyclic esters (lactones) is 1. The zero-order valence-electron chi connectivity index (χ0n) is 21.9. The van der Waals surface area contributed by atoms with E-state index in [1.807, 2.05) is 26.8 Å². The summed E-state index contributed by atoms with van der Waals surface area (Å²) in [7, 11) is 1.16. The standard InChI is InChI=1S/C27H35NO9/c1-16(2)21-15-36-27(34)28(21)26(33)25(35-5)24(37-18(4)30)23(32)14-20(22(31)11-6-7-12-29)19-10-8-9-17(3)13-19/h8-10,13-14,16,21,24-25,29H,6-7,11-12,15H2,1-5H3/t21-,24-,25+/m1/s1. The van der Waals surface area contributed by atoms with Crippen LogP contribution in [0.5, 0.6) is 0 Å². The summed E-state index contributed by atoms with van der Waals surface area (Å²) in [6, 6.07) is 6.39. The number of unbranched alkanes of at least 4 members (excludes halogenated alkanes) is 1. The molecule has 2 rings (SSSR count). The molecular formula is C27H35NO9. The summed E-state index contributed by atoms with van der Waals surface area (Å²) in [6.45, 7) is 6.44. The van der Waals surface area contributed by atoms with Crippen LogP contribution in [0.3, 0.4) is 0 Å². The van der Waals surface area contributed by atoms with Gasteiger partial charge in [0.05, 0.1) is 6.04 Å². The van der Waals surface area contributed by atoms with Gasteiger partial charge in [-0.05, 0) is 37.3 Å². The first kappa shape index (κ1) is 29.9. The van der Waals surface area contributed by atoms with E-state index < -0.39 is 42.0 Å². The smallest absolute Gasteiger partial charge is 0.417 e. The van der Waals surface area contributed by atoms with Crippen LogP contribution in [-0.2, 0) is 33.4 Å². The third kappa shape index (κ3) is 7.80. The predicted molar refractivity (Wildman–Crippen MR) is 133 cm³/mol. The van der Waals surface area contributed by atoms with Crippen molar-refractivity contribution < 1.29 is 43.3 Å². The molecule has 37 heavy (non-hydrogen) atoms. The van der Waals surface area contributed by atoms with Crippen LogP contribution in [0.1, 0.15) is 51.2 Å². The molecule has 0 aliphatic carbocycles. The van der Waals surface area contributed by atoms with Gasteiger partial charge in [0.1, 0.15) is 6.61 Å². The molecule has 0 unspecified atom stereocenters. The Balaban J connectivity index is 2.49. The quantitative estimate of drug-likeness (QED) is 0.238. The van der Waals surface area contributed by atoms with Crippen LogP contribution in [-0.4, -0.2) is 78.1 Å². The minimum Gasteiger partial charge on any atom is -0.451 e. The van der Waals surface area contributed by atoms with Gasteiger partial charge in [0.25, 0.3) is 5.91 Å². The molecule has 1 saturated heterocycles. The predicted octanol–water partition coefficient (Wildman–Crippen LogP) is 2.63. The number of ketones is 2. The van der Waals surface area contributed by atoms with Crippen LogP contribution >= 0.6 is 0 Å². The van der Waals surface area contributed by atoms with Gasteiger partial charge in [0, 0.05) is 32.6 Å². The van der Waals surface area contributed by atoms with Crippen LogP contribution in [0.15, 0.2) is 30.3 Å². The van der Waals surface area contributed by atoms with Gasteiger partial charge in [-0.15, -0.1) is 0 Å². The highest BCUT2D eigenvalue weighted by Crippen LogP contribution is 2.25. The maximum atomic E-state index is 13.5. The third-order valence-electron chi connectivity index (χ3n) is 5.99. The van der Waals surface area contributed by atoms with E-state index in [0.717, 1.165) is 30.6 Å². The maximum absolute atomic E-state index is 13.5. The minimum absolute atomic E-state index is 0.00932. The molecule has 10 nitrogen and oxygen atoms in total. The second kappa shape index (κ2) is 13.8. The Labute approximate surface area is 216 Å². The lowest BCUT2D eigenvalue weighted by Gasteiger charge is -2.29. The van der Waals surface area contributed by atoms with E-state index in [2.05, 4.69) is 0 Å². The molecular weight excluding hydrogens is 482 g/mol. The average Bonchev–Trinajstić information content (AvgIpc) is 3.23. The number of carbonyl (C=O) groups is 5.